The lowest BCUT2D eigenvalue weighted by Gasteiger charge is -2.28. The molecule has 0 heterocycles. The Balaban J connectivity index is 1.91. The minimum atomic E-state index is 0.826. The lowest BCUT2D eigenvalue weighted by atomic mass is 9.78. The van der Waals surface area contributed by atoms with Gasteiger partial charge in [0.05, 0.1) is 0 Å². The molecule has 0 aliphatic heterocycles. The average Bonchev–Trinajstić information content (AvgIpc) is 2.40. The third kappa shape index (κ3) is 3.58. The van der Waals surface area contributed by atoms with Crippen molar-refractivity contribution in [2.75, 3.05) is 5.33 Å². The van der Waals surface area contributed by atoms with Crippen molar-refractivity contribution < 1.29 is 0 Å². The van der Waals surface area contributed by atoms with Gasteiger partial charge in [-0.25, -0.2) is 0 Å². The fourth-order valence-electron chi connectivity index (χ4n) is 2.96. The number of benzene rings is 1. The zero-order valence-corrected chi connectivity index (χ0v) is 12.4. The molecule has 1 fully saturated rings. The first-order chi connectivity index (χ1) is 8.33. The normalized spacial score (nSPS) is 24.8. The van der Waals surface area contributed by atoms with E-state index in [-0.39, 0.29) is 0 Å². The first-order valence-corrected chi connectivity index (χ1v) is 8.10. The molecule has 1 aliphatic rings. The van der Waals surface area contributed by atoms with Gasteiger partial charge < -0.3 is 0 Å². The van der Waals surface area contributed by atoms with Crippen LogP contribution in [0.2, 0.25) is 0 Å². The highest BCUT2D eigenvalue weighted by atomic mass is 79.9. The predicted octanol–water partition coefficient (Wildman–Crippen LogP) is 5.31. The Morgan fingerprint density at radius 1 is 1.06 bits per heavy atom. The summed E-state index contributed by atoms with van der Waals surface area (Å²) >= 11 is 3.56. The first kappa shape index (κ1) is 13.1. The zero-order chi connectivity index (χ0) is 12.1. The zero-order valence-electron chi connectivity index (χ0n) is 10.8. The van der Waals surface area contributed by atoms with Crippen LogP contribution in [0.15, 0.2) is 24.3 Å². The van der Waals surface area contributed by atoms with Crippen LogP contribution < -0.4 is 0 Å². The highest BCUT2D eigenvalue weighted by Gasteiger charge is 2.21. The summed E-state index contributed by atoms with van der Waals surface area (Å²) in [5, 5.41) is 1.17. The van der Waals surface area contributed by atoms with Gasteiger partial charge in [-0.15, -0.1) is 0 Å². The number of halogens is 1. The standard InChI is InChI=1S/C16H23Br/c1-2-13-3-7-15(8-4-13)16-9-5-14(6-10-16)11-12-17/h3-4,7-8,14,16H,2,5-6,9-12H2,1H3/t14-,16-. The van der Waals surface area contributed by atoms with Gasteiger partial charge in [0.1, 0.15) is 0 Å². The molecule has 0 radical (unpaired) electrons. The Hall–Kier alpha value is -0.300. The van der Waals surface area contributed by atoms with Crippen LogP contribution in [0.4, 0.5) is 0 Å². The van der Waals surface area contributed by atoms with Crippen molar-refractivity contribution in [3.63, 3.8) is 0 Å². The Bertz CT molecular complexity index is 320. The van der Waals surface area contributed by atoms with Gasteiger partial charge in [0.2, 0.25) is 0 Å². The molecule has 94 valence electrons. The summed E-state index contributed by atoms with van der Waals surface area (Å²) < 4.78 is 0. The smallest absolute Gasteiger partial charge is 0.00339 e. The molecule has 0 N–H and O–H groups in total. The molecule has 1 aromatic carbocycles. The van der Waals surface area contributed by atoms with Crippen LogP contribution in [0.1, 0.15) is 56.1 Å². The molecular formula is C16H23Br. The van der Waals surface area contributed by atoms with E-state index in [1.807, 2.05) is 0 Å². The van der Waals surface area contributed by atoms with E-state index in [0.717, 1.165) is 18.3 Å². The number of hydrogen-bond donors (Lipinski definition) is 0. The first-order valence-electron chi connectivity index (χ1n) is 6.98. The molecule has 1 aliphatic carbocycles. The van der Waals surface area contributed by atoms with Gasteiger partial charge in [0.25, 0.3) is 0 Å². The molecule has 1 saturated carbocycles. The highest BCUT2D eigenvalue weighted by molar-refractivity contribution is 9.09. The second-order valence-corrected chi connectivity index (χ2v) is 6.08. The van der Waals surface area contributed by atoms with Crippen LogP contribution in [0, 0.1) is 5.92 Å². The fraction of sp³-hybridized carbons (Fsp3) is 0.625. The second kappa shape index (κ2) is 6.58. The summed E-state index contributed by atoms with van der Waals surface area (Å²) in [5.41, 5.74) is 3.03. The van der Waals surface area contributed by atoms with Crippen molar-refractivity contribution >= 4 is 15.9 Å². The molecule has 17 heavy (non-hydrogen) atoms. The van der Waals surface area contributed by atoms with E-state index in [2.05, 4.69) is 47.1 Å². The number of rotatable bonds is 4. The van der Waals surface area contributed by atoms with Crippen LogP contribution in [0.5, 0.6) is 0 Å². The minimum Gasteiger partial charge on any atom is -0.0928 e. The Morgan fingerprint density at radius 2 is 1.71 bits per heavy atom. The van der Waals surface area contributed by atoms with Gasteiger partial charge >= 0.3 is 0 Å². The molecule has 0 atom stereocenters. The maximum atomic E-state index is 3.56. The molecule has 0 bridgehead atoms. The summed E-state index contributed by atoms with van der Waals surface area (Å²) in [6.07, 6.45) is 8.14. The van der Waals surface area contributed by atoms with Crippen molar-refractivity contribution in [1.29, 1.82) is 0 Å². The van der Waals surface area contributed by atoms with Gasteiger partial charge in [0.15, 0.2) is 0 Å². The van der Waals surface area contributed by atoms with Crippen LogP contribution in [-0.4, -0.2) is 5.33 Å². The highest BCUT2D eigenvalue weighted by Crippen LogP contribution is 2.37. The molecule has 1 aromatic rings. The summed E-state index contributed by atoms with van der Waals surface area (Å²) in [6, 6.07) is 9.32. The van der Waals surface area contributed by atoms with Crippen molar-refractivity contribution in [3.8, 4) is 0 Å². The lowest BCUT2D eigenvalue weighted by Crippen LogP contribution is -2.13. The quantitative estimate of drug-likeness (QED) is 0.660. The van der Waals surface area contributed by atoms with Crippen molar-refractivity contribution in [2.24, 2.45) is 5.92 Å². The molecular weight excluding hydrogens is 272 g/mol. The molecule has 0 spiro atoms. The maximum absolute atomic E-state index is 3.56. The predicted molar refractivity (Wildman–Crippen MR) is 78.9 cm³/mol. The minimum absolute atomic E-state index is 0.826. The van der Waals surface area contributed by atoms with Crippen molar-refractivity contribution in [2.45, 2.75) is 51.4 Å². The SMILES string of the molecule is CCc1ccc([C@H]2CC[C@H](CCBr)CC2)cc1. The lowest BCUT2D eigenvalue weighted by molar-refractivity contribution is 0.321. The Labute approximate surface area is 114 Å². The van der Waals surface area contributed by atoms with Gasteiger partial charge in [-0.3, -0.25) is 0 Å². The fourth-order valence-corrected chi connectivity index (χ4v) is 3.61. The van der Waals surface area contributed by atoms with E-state index >= 15 is 0 Å². The van der Waals surface area contributed by atoms with E-state index in [1.165, 1.54) is 43.0 Å². The van der Waals surface area contributed by atoms with Gasteiger partial charge in [0, 0.05) is 5.33 Å². The van der Waals surface area contributed by atoms with Crippen molar-refractivity contribution in [1.82, 2.24) is 0 Å². The second-order valence-electron chi connectivity index (χ2n) is 5.29. The van der Waals surface area contributed by atoms with E-state index in [1.54, 1.807) is 5.56 Å². The molecule has 0 amide bonds. The van der Waals surface area contributed by atoms with E-state index in [0.29, 0.717) is 0 Å². The monoisotopic (exact) mass is 294 g/mol. The molecule has 0 aromatic heterocycles. The molecule has 1 heteroatoms. The van der Waals surface area contributed by atoms with E-state index < -0.39 is 0 Å². The van der Waals surface area contributed by atoms with E-state index in [4.69, 9.17) is 0 Å². The maximum Gasteiger partial charge on any atom is 0.00339 e. The van der Waals surface area contributed by atoms with Gasteiger partial charge in [-0.1, -0.05) is 47.1 Å². The summed E-state index contributed by atoms with van der Waals surface area (Å²) in [7, 11) is 0. The molecule has 0 unspecified atom stereocenters. The molecule has 0 saturated heterocycles. The Kier molecular flexibility index (Phi) is 5.09. The number of alkyl halides is 1. The molecule has 0 nitrogen and oxygen atoms in total. The molecule has 2 rings (SSSR count). The van der Waals surface area contributed by atoms with Crippen LogP contribution in [0.25, 0.3) is 0 Å². The largest absolute Gasteiger partial charge is 0.0928 e. The third-order valence-electron chi connectivity index (χ3n) is 4.22. The Morgan fingerprint density at radius 3 is 2.24 bits per heavy atom. The van der Waals surface area contributed by atoms with Gasteiger partial charge in [-0.2, -0.15) is 0 Å². The third-order valence-corrected chi connectivity index (χ3v) is 4.68. The van der Waals surface area contributed by atoms with Crippen molar-refractivity contribution in [3.05, 3.63) is 35.4 Å². The average molecular weight is 295 g/mol. The van der Waals surface area contributed by atoms with Gasteiger partial charge in [-0.05, 0) is 61.5 Å². The van der Waals surface area contributed by atoms with Crippen LogP contribution >= 0.6 is 15.9 Å². The van der Waals surface area contributed by atoms with Crippen LogP contribution in [0.3, 0.4) is 0 Å². The topological polar surface area (TPSA) is 0 Å². The summed E-state index contributed by atoms with van der Waals surface area (Å²) in [4.78, 5) is 0. The summed E-state index contributed by atoms with van der Waals surface area (Å²) in [5.74, 6) is 1.80. The van der Waals surface area contributed by atoms with E-state index in [9.17, 15) is 0 Å². The number of hydrogen-bond acceptors (Lipinski definition) is 0. The number of aryl methyl sites for hydroxylation is 1. The summed E-state index contributed by atoms with van der Waals surface area (Å²) in [6.45, 7) is 2.22. The van der Waals surface area contributed by atoms with Crippen LogP contribution in [-0.2, 0) is 6.42 Å².